The summed E-state index contributed by atoms with van der Waals surface area (Å²) in [5, 5.41) is 0. The molecule has 1 saturated heterocycles. The van der Waals surface area contributed by atoms with Crippen LogP contribution < -0.4 is 10.6 Å². The van der Waals surface area contributed by atoms with Crippen LogP contribution in [0.1, 0.15) is 19.4 Å². The zero-order valence-electron chi connectivity index (χ0n) is 14.2. The Labute approximate surface area is 158 Å². The van der Waals surface area contributed by atoms with Crippen LogP contribution in [0.25, 0.3) is 0 Å². The van der Waals surface area contributed by atoms with Gasteiger partial charge in [0.25, 0.3) is 0 Å². The predicted octanol–water partition coefficient (Wildman–Crippen LogP) is 3.18. The van der Waals surface area contributed by atoms with Crippen LogP contribution in [0.5, 0.6) is 0 Å². The maximum atomic E-state index is 12.8. The summed E-state index contributed by atoms with van der Waals surface area (Å²) in [5.74, 6) is -0.0105. The Morgan fingerprint density at radius 2 is 1.68 bits per heavy atom. The van der Waals surface area contributed by atoms with Gasteiger partial charge < -0.3 is 15.5 Å². The molecule has 25 heavy (non-hydrogen) atoms. The number of rotatable bonds is 3. The molecule has 0 aromatic heterocycles. The van der Waals surface area contributed by atoms with Crippen molar-refractivity contribution in [3.8, 4) is 0 Å². The quantitative estimate of drug-likeness (QED) is 0.845. The molecule has 1 aliphatic rings. The van der Waals surface area contributed by atoms with Crippen LogP contribution in [0.2, 0.25) is 0 Å². The van der Waals surface area contributed by atoms with E-state index in [0.717, 1.165) is 12.1 Å². The molecule has 0 radical (unpaired) electrons. The first-order chi connectivity index (χ1) is 10.6. The van der Waals surface area contributed by atoms with Crippen molar-refractivity contribution in [2.75, 3.05) is 37.6 Å². The molecule has 1 amide bonds. The number of piperazine rings is 1. The van der Waals surface area contributed by atoms with Gasteiger partial charge in [-0.05, 0) is 32.0 Å². The molecule has 1 heterocycles. The van der Waals surface area contributed by atoms with E-state index >= 15 is 0 Å². The van der Waals surface area contributed by atoms with Gasteiger partial charge >= 0.3 is 6.18 Å². The lowest BCUT2D eigenvalue weighted by molar-refractivity contribution is -0.140. The Morgan fingerprint density at radius 3 is 2.16 bits per heavy atom. The maximum Gasteiger partial charge on any atom is 0.416 e. The van der Waals surface area contributed by atoms with E-state index in [4.69, 9.17) is 5.73 Å². The van der Waals surface area contributed by atoms with Crippen molar-refractivity contribution >= 4 is 36.4 Å². The summed E-state index contributed by atoms with van der Waals surface area (Å²) in [6.07, 6.45) is -4.35. The highest BCUT2D eigenvalue weighted by atomic mass is 35.5. The van der Waals surface area contributed by atoms with E-state index < -0.39 is 17.2 Å². The van der Waals surface area contributed by atoms with Crippen LogP contribution >= 0.6 is 24.8 Å². The fourth-order valence-corrected chi connectivity index (χ4v) is 2.56. The number of hydrogen-bond acceptors (Lipinski definition) is 3. The van der Waals surface area contributed by atoms with E-state index in [1.54, 1.807) is 24.8 Å². The highest BCUT2D eigenvalue weighted by Crippen LogP contribution is 2.32. The molecule has 0 unspecified atom stereocenters. The van der Waals surface area contributed by atoms with Gasteiger partial charge in [0.05, 0.1) is 11.0 Å². The summed E-state index contributed by atoms with van der Waals surface area (Å²) >= 11 is 0. The number of carbonyl (C=O) groups is 1. The summed E-state index contributed by atoms with van der Waals surface area (Å²) in [7, 11) is 0. The van der Waals surface area contributed by atoms with Crippen molar-refractivity contribution in [1.82, 2.24) is 4.90 Å². The van der Waals surface area contributed by atoms with Gasteiger partial charge in [0.2, 0.25) is 5.91 Å². The molecule has 0 saturated carbocycles. The van der Waals surface area contributed by atoms with E-state index in [0.29, 0.717) is 31.9 Å². The molecule has 0 aliphatic carbocycles. The van der Waals surface area contributed by atoms with Gasteiger partial charge in [0, 0.05) is 38.4 Å². The third-order valence-corrected chi connectivity index (χ3v) is 4.19. The summed E-state index contributed by atoms with van der Waals surface area (Å²) in [5.41, 5.74) is 4.89. The van der Waals surface area contributed by atoms with Gasteiger partial charge in [-0.3, -0.25) is 4.79 Å². The predicted molar refractivity (Wildman–Crippen MR) is 97.6 cm³/mol. The van der Waals surface area contributed by atoms with Crippen molar-refractivity contribution in [3.05, 3.63) is 29.8 Å². The molecule has 0 spiro atoms. The minimum Gasteiger partial charge on any atom is -0.368 e. The van der Waals surface area contributed by atoms with Crippen LogP contribution in [-0.2, 0) is 11.0 Å². The number of hydrogen-bond donors (Lipinski definition) is 1. The molecule has 9 heteroatoms. The highest BCUT2D eigenvalue weighted by Gasteiger charge is 2.33. The number of amides is 1. The number of carbonyl (C=O) groups excluding carboxylic acids is 1. The monoisotopic (exact) mass is 401 g/mol. The van der Waals surface area contributed by atoms with Crippen molar-refractivity contribution < 1.29 is 18.0 Å². The maximum absolute atomic E-state index is 12.8. The normalized spacial score (nSPS) is 15.3. The fourth-order valence-electron chi connectivity index (χ4n) is 2.56. The summed E-state index contributed by atoms with van der Waals surface area (Å²) in [4.78, 5) is 16.0. The van der Waals surface area contributed by atoms with Crippen LogP contribution in [0.3, 0.4) is 0 Å². The van der Waals surface area contributed by atoms with Crippen molar-refractivity contribution in [1.29, 1.82) is 0 Å². The standard InChI is InChI=1S/C16H22F3N3O.2ClH/c1-15(2,11-20)14(23)22-8-6-21(7-9-22)13-5-3-4-12(10-13)16(17,18)19;;/h3-5,10H,6-9,11,20H2,1-2H3;2*1H. The average Bonchev–Trinajstić information content (AvgIpc) is 2.53. The molecular weight excluding hydrogens is 378 g/mol. The zero-order valence-corrected chi connectivity index (χ0v) is 15.8. The Bertz CT molecular complexity index is 574. The third-order valence-electron chi connectivity index (χ3n) is 4.19. The highest BCUT2D eigenvalue weighted by molar-refractivity contribution is 5.85. The zero-order chi connectivity index (χ0) is 17.3. The molecule has 1 aromatic rings. The van der Waals surface area contributed by atoms with Gasteiger partial charge in [-0.1, -0.05) is 6.07 Å². The van der Waals surface area contributed by atoms with Crippen LogP contribution in [0.4, 0.5) is 18.9 Å². The number of alkyl halides is 3. The van der Waals surface area contributed by atoms with Gasteiger partial charge in [0.15, 0.2) is 0 Å². The van der Waals surface area contributed by atoms with E-state index in [-0.39, 0.29) is 37.3 Å². The van der Waals surface area contributed by atoms with Crippen molar-refractivity contribution in [3.63, 3.8) is 0 Å². The van der Waals surface area contributed by atoms with Gasteiger partial charge in [-0.2, -0.15) is 13.2 Å². The van der Waals surface area contributed by atoms with Gasteiger partial charge in [0.1, 0.15) is 0 Å². The third kappa shape index (κ3) is 5.66. The van der Waals surface area contributed by atoms with Gasteiger partial charge in [-0.15, -0.1) is 24.8 Å². The molecule has 144 valence electrons. The second-order valence-corrected chi connectivity index (χ2v) is 6.42. The smallest absolute Gasteiger partial charge is 0.368 e. The van der Waals surface area contributed by atoms with Crippen molar-refractivity contribution in [2.24, 2.45) is 11.1 Å². The second-order valence-electron chi connectivity index (χ2n) is 6.42. The molecule has 2 N–H and O–H groups in total. The Kier molecular flexibility index (Phi) is 8.54. The SMILES string of the molecule is CC(C)(CN)C(=O)N1CCN(c2cccc(C(F)(F)F)c2)CC1.Cl.Cl. The number of anilines is 1. The molecule has 1 aliphatic heterocycles. The first-order valence-corrected chi connectivity index (χ1v) is 7.57. The summed E-state index contributed by atoms with van der Waals surface area (Å²) in [6.45, 7) is 5.85. The lowest BCUT2D eigenvalue weighted by atomic mass is 9.91. The van der Waals surface area contributed by atoms with Crippen LogP contribution in [-0.4, -0.2) is 43.5 Å². The molecule has 1 fully saturated rings. The number of halogens is 5. The molecule has 0 bridgehead atoms. The number of nitrogens with two attached hydrogens (primary N) is 1. The first kappa shape index (κ1) is 23.8. The van der Waals surface area contributed by atoms with E-state index in [1.807, 2.05) is 4.90 Å². The van der Waals surface area contributed by atoms with E-state index in [1.165, 1.54) is 6.07 Å². The van der Waals surface area contributed by atoms with E-state index in [9.17, 15) is 18.0 Å². The molecular formula is C16H24Cl2F3N3O. The topological polar surface area (TPSA) is 49.6 Å². The first-order valence-electron chi connectivity index (χ1n) is 7.57. The van der Waals surface area contributed by atoms with E-state index in [2.05, 4.69) is 0 Å². The average molecular weight is 402 g/mol. The van der Waals surface area contributed by atoms with Gasteiger partial charge in [-0.25, -0.2) is 0 Å². The lowest BCUT2D eigenvalue weighted by Crippen LogP contribution is -2.53. The molecule has 1 aromatic carbocycles. The number of nitrogens with zero attached hydrogens (tertiary/aromatic N) is 2. The largest absolute Gasteiger partial charge is 0.416 e. The summed E-state index contributed by atoms with van der Waals surface area (Å²) < 4.78 is 38.4. The Morgan fingerprint density at radius 1 is 1.12 bits per heavy atom. The lowest BCUT2D eigenvalue weighted by Gasteiger charge is -2.39. The Hall–Kier alpha value is -1.18. The molecule has 2 rings (SSSR count). The van der Waals surface area contributed by atoms with Crippen LogP contribution in [0.15, 0.2) is 24.3 Å². The number of benzene rings is 1. The fraction of sp³-hybridized carbons (Fsp3) is 0.562. The Balaban J connectivity index is 0.00000288. The molecule has 0 atom stereocenters. The minimum absolute atomic E-state index is 0. The second kappa shape index (κ2) is 8.96. The summed E-state index contributed by atoms with van der Waals surface area (Å²) in [6, 6.07) is 5.29. The van der Waals surface area contributed by atoms with Crippen LogP contribution in [0, 0.1) is 5.41 Å². The van der Waals surface area contributed by atoms with Crippen molar-refractivity contribution in [2.45, 2.75) is 20.0 Å². The minimum atomic E-state index is -4.35. The molecule has 4 nitrogen and oxygen atoms in total.